The molecular weight excluding hydrogens is 300 g/mol. The van der Waals surface area contributed by atoms with E-state index in [0.29, 0.717) is 6.54 Å². The molecule has 5 nitrogen and oxygen atoms in total. The monoisotopic (exact) mass is 320 g/mol. The summed E-state index contributed by atoms with van der Waals surface area (Å²) in [6.45, 7) is 2.73. The zero-order valence-corrected chi connectivity index (χ0v) is 13.5. The lowest BCUT2D eigenvalue weighted by Gasteiger charge is -2.18. The van der Waals surface area contributed by atoms with E-state index in [2.05, 4.69) is 15.2 Å². The number of furan rings is 1. The maximum absolute atomic E-state index is 5.38. The largest absolute Gasteiger partial charge is 0.467 e. The lowest BCUT2D eigenvalue weighted by Crippen LogP contribution is -2.20. The van der Waals surface area contributed by atoms with Gasteiger partial charge in [-0.1, -0.05) is 30.3 Å². The predicted octanol–water partition coefficient (Wildman–Crippen LogP) is 3.95. The van der Waals surface area contributed by atoms with Crippen LogP contribution in [-0.4, -0.2) is 23.1 Å². The molecule has 1 aliphatic heterocycles. The first-order valence-electron chi connectivity index (χ1n) is 8.34. The summed E-state index contributed by atoms with van der Waals surface area (Å²) < 4.78 is 5.38. The van der Waals surface area contributed by atoms with Crippen LogP contribution in [0.1, 0.15) is 18.6 Å². The highest BCUT2D eigenvalue weighted by molar-refractivity contribution is 5.61. The molecule has 3 aromatic rings. The highest BCUT2D eigenvalue weighted by Gasteiger charge is 2.16. The maximum atomic E-state index is 5.38. The molecular formula is C19H20N4O. The van der Waals surface area contributed by atoms with Crippen LogP contribution < -0.4 is 10.2 Å². The number of hydrogen-bond donors (Lipinski definition) is 1. The highest BCUT2D eigenvalue weighted by atomic mass is 16.3. The summed E-state index contributed by atoms with van der Waals surface area (Å²) in [6.07, 6.45) is 4.13. The van der Waals surface area contributed by atoms with Crippen molar-refractivity contribution in [3.05, 3.63) is 60.6 Å². The van der Waals surface area contributed by atoms with Crippen LogP contribution >= 0.6 is 0 Å². The molecule has 24 heavy (non-hydrogen) atoms. The molecule has 122 valence electrons. The zero-order chi connectivity index (χ0) is 16.2. The first-order valence-corrected chi connectivity index (χ1v) is 8.34. The van der Waals surface area contributed by atoms with Crippen LogP contribution in [0.5, 0.6) is 0 Å². The zero-order valence-electron chi connectivity index (χ0n) is 13.5. The molecule has 0 spiro atoms. The summed E-state index contributed by atoms with van der Waals surface area (Å²) in [5.74, 6) is 3.45. The highest BCUT2D eigenvalue weighted by Crippen LogP contribution is 2.25. The standard InChI is InChI=1S/C19H20N4O/c1-2-7-15(8-3-1)19-21-17(20-14-16-9-6-12-24-16)13-18(22-19)23-10-4-5-11-23/h1-3,6-9,12-13H,4-5,10-11,14H2,(H,20,21,22). The van der Waals surface area contributed by atoms with Gasteiger partial charge in [-0.15, -0.1) is 0 Å². The van der Waals surface area contributed by atoms with Crippen molar-refractivity contribution in [1.82, 2.24) is 9.97 Å². The fourth-order valence-corrected chi connectivity index (χ4v) is 2.94. The van der Waals surface area contributed by atoms with Gasteiger partial charge in [0.15, 0.2) is 5.82 Å². The third kappa shape index (κ3) is 3.25. The SMILES string of the molecule is c1ccc(-c2nc(NCc3ccco3)cc(N3CCCC3)n2)cc1. The molecule has 5 heteroatoms. The second-order valence-corrected chi connectivity index (χ2v) is 5.93. The molecule has 0 aliphatic carbocycles. The summed E-state index contributed by atoms with van der Waals surface area (Å²) in [5, 5.41) is 3.35. The Morgan fingerprint density at radius 1 is 1.00 bits per heavy atom. The van der Waals surface area contributed by atoms with Gasteiger partial charge in [0.2, 0.25) is 0 Å². The minimum Gasteiger partial charge on any atom is -0.467 e. The molecule has 1 N–H and O–H groups in total. The van der Waals surface area contributed by atoms with E-state index in [9.17, 15) is 0 Å². The van der Waals surface area contributed by atoms with Gasteiger partial charge in [0.05, 0.1) is 12.8 Å². The minimum absolute atomic E-state index is 0.609. The molecule has 0 atom stereocenters. The third-order valence-electron chi connectivity index (χ3n) is 4.20. The molecule has 1 aromatic carbocycles. The van der Waals surface area contributed by atoms with E-state index in [-0.39, 0.29) is 0 Å². The van der Waals surface area contributed by atoms with Crippen LogP contribution in [0.25, 0.3) is 11.4 Å². The Labute approximate surface area is 141 Å². The predicted molar refractivity (Wildman–Crippen MR) is 94.9 cm³/mol. The quantitative estimate of drug-likeness (QED) is 0.771. The van der Waals surface area contributed by atoms with Gasteiger partial charge in [-0.05, 0) is 25.0 Å². The number of rotatable bonds is 5. The lowest BCUT2D eigenvalue weighted by atomic mass is 10.2. The van der Waals surface area contributed by atoms with Crippen molar-refractivity contribution >= 4 is 11.6 Å². The molecule has 0 radical (unpaired) electrons. The van der Waals surface area contributed by atoms with Crippen LogP contribution in [-0.2, 0) is 6.54 Å². The summed E-state index contributed by atoms with van der Waals surface area (Å²) in [6, 6.07) is 16.0. The van der Waals surface area contributed by atoms with Gasteiger partial charge in [0.25, 0.3) is 0 Å². The Bertz CT molecular complexity index is 780. The van der Waals surface area contributed by atoms with Crippen LogP contribution in [0, 0.1) is 0 Å². The fourth-order valence-electron chi connectivity index (χ4n) is 2.94. The molecule has 0 saturated carbocycles. The molecule has 2 aromatic heterocycles. The number of aromatic nitrogens is 2. The molecule has 3 heterocycles. The van der Waals surface area contributed by atoms with Crippen molar-refractivity contribution in [2.24, 2.45) is 0 Å². The lowest BCUT2D eigenvalue weighted by molar-refractivity contribution is 0.518. The summed E-state index contributed by atoms with van der Waals surface area (Å²) >= 11 is 0. The topological polar surface area (TPSA) is 54.2 Å². The second kappa shape index (κ2) is 6.74. The van der Waals surface area contributed by atoms with E-state index in [1.165, 1.54) is 12.8 Å². The summed E-state index contributed by atoms with van der Waals surface area (Å²) in [7, 11) is 0. The van der Waals surface area contributed by atoms with E-state index in [4.69, 9.17) is 9.40 Å². The number of benzene rings is 1. The van der Waals surface area contributed by atoms with Crippen molar-refractivity contribution in [3.63, 3.8) is 0 Å². The van der Waals surface area contributed by atoms with E-state index < -0.39 is 0 Å². The first-order chi connectivity index (χ1) is 11.9. The van der Waals surface area contributed by atoms with Crippen molar-refractivity contribution in [1.29, 1.82) is 0 Å². The van der Waals surface area contributed by atoms with E-state index in [1.54, 1.807) is 6.26 Å². The van der Waals surface area contributed by atoms with E-state index in [0.717, 1.165) is 41.9 Å². The van der Waals surface area contributed by atoms with Crippen molar-refractivity contribution < 1.29 is 4.42 Å². The van der Waals surface area contributed by atoms with Gasteiger partial charge >= 0.3 is 0 Å². The van der Waals surface area contributed by atoms with Gasteiger partial charge in [-0.25, -0.2) is 9.97 Å². The Morgan fingerprint density at radius 2 is 1.83 bits per heavy atom. The Hall–Kier alpha value is -2.82. The Balaban J connectivity index is 1.65. The Morgan fingerprint density at radius 3 is 2.58 bits per heavy atom. The van der Waals surface area contributed by atoms with Gasteiger partial charge < -0.3 is 14.6 Å². The average Bonchev–Trinajstić information content (AvgIpc) is 3.34. The second-order valence-electron chi connectivity index (χ2n) is 5.93. The van der Waals surface area contributed by atoms with Crippen LogP contribution in [0.2, 0.25) is 0 Å². The van der Waals surface area contributed by atoms with Gasteiger partial charge in [-0.2, -0.15) is 0 Å². The number of hydrogen-bond acceptors (Lipinski definition) is 5. The van der Waals surface area contributed by atoms with E-state index >= 15 is 0 Å². The number of nitrogens with one attached hydrogen (secondary N) is 1. The average molecular weight is 320 g/mol. The summed E-state index contributed by atoms with van der Waals surface area (Å²) in [5.41, 5.74) is 1.03. The number of nitrogens with zero attached hydrogens (tertiary/aromatic N) is 3. The van der Waals surface area contributed by atoms with E-state index in [1.807, 2.05) is 48.5 Å². The molecule has 0 bridgehead atoms. The van der Waals surface area contributed by atoms with Gasteiger partial charge in [0, 0.05) is 24.7 Å². The molecule has 0 amide bonds. The minimum atomic E-state index is 0.609. The summed E-state index contributed by atoms with van der Waals surface area (Å²) in [4.78, 5) is 11.8. The first kappa shape index (κ1) is 14.8. The van der Waals surface area contributed by atoms with Crippen molar-refractivity contribution in [3.8, 4) is 11.4 Å². The number of anilines is 2. The van der Waals surface area contributed by atoms with Crippen molar-refractivity contribution in [2.75, 3.05) is 23.3 Å². The third-order valence-corrected chi connectivity index (χ3v) is 4.20. The molecule has 0 unspecified atom stereocenters. The van der Waals surface area contributed by atoms with Crippen LogP contribution in [0.4, 0.5) is 11.6 Å². The van der Waals surface area contributed by atoms with Crippen molar-refractivity contribution in [2.45, 2.75) is 19.4 Å². The fraction of sp³-hybridized carbons (Fsp3) is 0.263. The van der Waals surface area contributed by atoms with Gasteiger partial charge in [-0.3, -0.25) is 0 Å². The van der Waals surface area contributed by atoms with Crippen LogP contribution in [0.3, 0.4) is 0 Å². The van der Waals surface area contributed by atoms with Crippen LogP contribution in [0.15, 0.2) is 59.2 Å². The smallest absolute Gasteiger partial charge is 0.163 e. The normalized spacial score (nSPS) is 14.1. The molecule has 1 aliphatic rings. The molecule has 4 rings (SSSR count). The molecule has 1 saturated heterocycles. The van der Waals surface area contributed by atoms with Gasteiger partial charge in [0.1, 0.15) is 17.4 Å². The maximum Gasteiger partial charge on any atom is 0.163 e. The Kier molecular flexibility index (Phi) is 4.14. The molecule has 1 fully saturated rings.